The van der Waals surface area contributed by atoms with Crippen LogP contribution in [-0.2, 0) is 9.59 Å². The molecule has 0 atom stereocenters. The Hall–Kier alpha value is -3.67. The lowest BCUT2D eigenvalue weighted by Gasteiger charge is -2.31. The van der Waals surface area contributed by atoms with Gasteiger partial charge in [0.15, 0.2) is 0 Å². The van der Waals surface area contributed by atoms with E-state index in [2.05, 4.69) is 34.1 Å². The smallest absolute Gasteiger partial charge is 0.317 e. The molecule has 2 aromatic carbocycles. The first-order chi connectivity index (χ1) is 15.5. The maximum Gasteiger partial charge on any atom is 0.331 e. The minimum atomic E-state index is -0.635. The number of imide groups is 2. The van der Waals surface area contributed by atoms with Gasteiger partial charge in [0, 0.05) is 22.8 Å². The molecule has 1 saturated heterocycles. The second-order valence-electron chi connectivity index (χ2n) is 8.59. The highest BCUT2D eigenvalue weighted by molar-refractivity contribution is 6.31. The lowest BCUT2D eigenvalue weighted by molar-refractivity contribution is -0.131. The molecule has 32 heavy (non-hydrogen) atoms. The molecule has 1 N–H and O–H groups in total. The lowest BCUT2D eigenvalue weighted by Crippen LogP contribution is -2.57. The largest absolute Gasteiger partial charge is 0.331 e. The van der Waals surface area contributed by atoms with Crippen LogP contribution in [0.1, 0.15) is 42.6 Å². The number of aromatic nitrogens is 1. The fourth-order valence-corrected chi connectivity index (χ4v) is 5.03. The van der Waals surface area contributed by atoms with Crippen LogP contribution in [0, 0.1) is 13.8 Å². The fourth-order valence-electron chi connectivity index (χ4n) is 5.03. The third-order valence-corrected chi connectivity index (χ3v) is 6.60. The minimum absolute atomic E-state index is 0.00895. The van der Waals surface area contributed by atoms with Gasteiger partial charge in [0.2, 0.25) is 0 Å². The van der Waals surface area contributed by atoms with Gasteiger partial charge in [-0.25, -0.2) is 4.79 Å². The number of carbonyl (C=O) groups excluding carboxylic acids is 3. The zero-order valence-electron chi connectivity index (χ0n) is 18.2. The maximum absolute atomic E-state index is 13.2. The summed E-state index contributed by atoms with van der Waals surface area (Å²) in [4.78, 5) is 39.3. The molecule has 3 aromatic rings. The highest BCUT2D eigenvalue weighted by Gasteiger charge is 2.40. The fraction of sp³-hybridized carbons (Fsp3) is 0.269. The molecular formula is C26H25N3O3. The molecule has 1 aliphatic carbocycles. The van der Waals surface area contributed by atoms with Gasteiger partial charge in [-0.05, 0) is 55.8 Å². The molecule has 6 heteroatoms. The van der Waals surface area contributed by atoms with E-state index in [1.54, 1.807) is 6.08 Å². The first-order valence-electron chi connectivity index (χ1n) is 11.0. The van der Waals surface area contributed by atoms with E-state index in [0.717, 1.165) is 59.1 Å². The topological polar surface area (TPSA) is 71.4 Å². The van der Waals surface area contributed by atoms with Gasteiger partial charge in [-0.1, -0.05) is 49.2 Å². The molecule has 0 bridgehead atoms. The average Bonchev–Trinajstić information content (AvgIpc) is 3.39. The van der Waals surface area contributed by atoms with Crippen LogP contribution in [0.4, 0.5) is 4.79 Å². The quantitative estimate of drug-likeness (QED) is 0.488. The van der Waals surface area contributed by atoms with Crippen molar-refractivity contribution in [1.82, 2.24) is 14.8 Å². The number of nitrogens with zero attached hydrogens (tertiary/aromatic N) is 2. The Morgan fingerprint density at radius 2 is 1.69 bits per heavy atom. The number of urea groups is 1. The molecule has 1 aromatic heterocycles. The number of hydrogen-bond acceptors (Lipinski definition) is 3. The number of fused-ring (bicyclic) bond motifs is 1. The standard InChI is InChI=1S/C26H25N3O3/c1-16-14-19(17(2)28(16)23-13-7-9-18-8-3-6-12-21(18)23)15-22-24(30)27-26(32)29(25(22)31)20-10-4-5-11-20/h3,6-9,12-15,20H,4-5,10-11H2,1-2H3,(H,27,30,32)/b22-15-. The minimum Gasteiger partial charge on any atom is -0.317 e. The highest BCUT2D eigenvalue weighted by Crippen LogP contribution is 2.30. The second-order valence-corrected chi connectivity index (χ2v) is 8.59. The predicted molar refractivity (Wildman–Crippen MR) is 123 cm³/mol. The van der Waals surface area contributed by atoms with E-state index in [1.807, 2.05) is 38.1 Å². The molecule has 162 valence electrons. The first-order valence-corrected chi connectivity index (χ1v) is 11.0. The summed E-state index contributed by atoms with van der Waals surface area (Å²) in [5.41, 5.74) is 3.77. The maximum atomic E-state index is 13.2. The molecular weight excluding hydrogens is 402 g/mol. The zero-order valence-corrected chi connectivity index (χ0v) is 18.2. The summed E-state index contributed by atoms with van der Waals surface area (Å²) < 4.78 is 2.14. The molecule has 1 saturated carbocycles. The van der Waals surface area contributed by atoms with Crippen molar-refractivity contribution in [3.05, 3.63) is 71.1 Å². The molecule has 2 fully saturated rings. The lowest BCUT2D eigenvalue weighted by atomic mass is 10.1. The third-order valence-electron chi connectivity index (χ3n) is 6.60. The van der Waals surface area contributed by atoms with Gasteiger partial charge in [-0.15, -0.1) is 0 Å². The number of nitrogens with one attached hydrogen (secondary N) is 1. The Balaban J connectivity index is 1.58. The van der Waals surface area contributed by atoms with Crippen molar-refractivity contribution in [1.29, 1.82) is 0 Å². The van der Waals surface area contributed by atoms with Crippen LogP contribution in [-0.4, -0.2) is 33.4 Å². The van der Waals surface area contributed by atoms with Crippen molar-refractivity contribution in [2.75, 3.05) is 0 Å². The molecule has 6 nitrogen and oxygen atoms in total. The number of amides is 4. The van der Waals surface area contributed by atoms with Gasteiger partial charge in [-0.2, -0.15) is 0 Å². The van der Waals surface area contributed by atoms with E-state index in [0.29, 0.717) is 0 Å². The van der Waals surface area contributed by atoms with Crippen molar-refractivity contribution in [2.24, 2.45) is 0 Å². The summed E-state index contributed by atoms with van der Waals surface area (Å²) in [6.45, 7) is 3.99. The SMILES string of the molecule is Cc1cc(/C=C2/C(=O)NC(=O)N(C3CCCC3)C2=O)c(C)n1-c1cccc2ccccc12. The first kappa shape index (κ1) is 20.2. The molecule has 0 radical (unpaired) electrons. The molecule has 2 aliphatic rings. The van der Waals surface area contributed by atoms with E-state index < -0.39 is 17.8 Å². The second kappa shape index (κ2) is 7.79. The van der Waals surface area contributed by atoms with E-state index in [4.69, 9.17) is 0 Å². The van der Waals surface area contributed by atoms with E-state index in [-0.39, 0.29) is 11.6 Å². The number of hydrogen-bond donors (Lipinski definition) is 1. The highest BCUT2D eigenvalue weighted by atomic mass is 16.2. The summed E-state index contributed by atoms with van der Waals surface area (Å²) >= 11 is 0. The van der Waals surface area contributed by atoms with Crippen LogP contribution in [0.3, 0.4) is 0 Å². The van der Waals surface area contributed by atoms with Crippen molar-refractivity contribution in [3.63, 3.8) is 0 Å². The van der Waals surface area contributed by atoms with Crippen LogP contribution >= 0.6 is 0 Å². The molecule has 1 aliphatic heterocycles. The molecule has 0 unspecified atom stereocenters. The summed E-state index contributed by atoms with van der Waals surface area (Å²) in [6, 6.07) is 15.6. The number of aryl methyl sites for hydroxylation is 1. The van der Waals surface area contributed by atoms with Crippen LogP contribution < -0.4 is 5.32 Å². The van der Waals surface area contributed by atoms with Crippen LogP contribution in [0.2, 0.25) is 0 Å². The molecule has 2 heterocycles. The summed E-state index contributed by atoms with van der Waals surface area (Å²) in [6.07, 6.45) is 5.17. The summed E-state index contributed by atoms with van der Waals surface area (Å²) in [5.74, 6) is -1.13. The summed E-state index contributed by atoms with van der Waals surface area (Å²) in [7, 11) is 0. The number of barbiturate groups is 1. The Labute approximate surface area is 186 Å². The normalized spacial score (nSPS) is 18.8. The molecule has 5 rings (SSSR count). The molecule has 4 amide bonds. The average molecular weight is 428 g/mol. The number of rotatable bonds is 3. The van der Waals surface area contributed by atoms with Gasteiger partial charge in [-0.3, -0.25) is 19.8 Å². The van der Waals surface area contributed by atoms with E-state index in [1.165, 1.54) is 4.90 Å². The van der Waals surface area contributed by atoms with Gasteiger partial charge >= 0.3 is 6.03 Å². The predicted octanol–water partition coefficient (Wildman–Crippen LogP) is 4.65. The van der Waals surface area contributed by atoms with Gasteiger partial charge < -0.3 is 4.57 Å². The van der Waals surface area contributed by atoms with Crippen molar-refractivity contribution in [2.45, 2.75) is 45.6 Å². The number of benzene rings is 2. The summed E-state index contributed by atoms with van der Waals surface area (Å²) in [5, 5.41) is 4.62. The Morgan fingerprint density at radius 1 is 0.969 bits per heavy atom. The van der Waals surface area contributed by atoms with E-state index >= 15 is 0 Å². The van der Waals surface area contributed by atoms with Crippen LogP contribution in [0.5, 0.6) is 0 Å². The van der Waals surface area contributed by atoms with Gasteiger partial charge in [0.05, 0.1) is 5.69 Å². The van der Waals surface area contributed by atoms with Crippen LogP contribution in [0.15, 0.2) is 54.1 Å². The Morgan fingerprint density at radius 3 is 2.47 bits per heavy atom. The third kappa shape index (κ3) is 3.23. The van der Waals surface area contributed by atoms with Crippen molar-refractivity contribution < 1.29 is 14.4 Å². The van der Waals surface area contributed by atoms with Crippen molar-refractivity contribution in [3.8, 4) is 5.69 Å². The number of carbonyl (C=O) groups is 3. The Kier molecular flexibility index (Phi) is 4.93. The van der Waals surface area contributed by atoms with Gasteiger partial charge in [0.1, 0.15) is 5.57 Å². The van der Waals surface area contributed by atoms with E-state index in [9.17, 15) is 14.4 Å². The van der Waals surface area contributed by atoms with Crippen LogP contribution in [0.25, 0.3) is 22.5 Å². The Bertz CT molecular complexity index is 1290. The molecule has 0 spiro atoms. The van der Waals surface area contributed by atoms with Gasteiger partial charge in [0.25, 0.3) is 11.8 Å². The monoisotopic (exact) mass is 427 g/mol. The van der Waals surface area contributed by atoms with Crippen molar-refractivity contribution >= 4 is 34.7 Å². The zero-order chi connectivity index (χ0) is 22.4.